The first-order chi connectivity index (χ1) is 17.5. The highest BCUT2D eigenvalue weighted by Crippen LogP contribution is 2.59. The molecule has 0 radical (unpaired) electrons. The molecule has 4 aliphatic rings. The van der Waals surface area contributed by atoms with Crippen LogP contribution in [0.15, 0.2) is 11.6 Å². The summed E-state index contributed by atoms with van der Waals surface area (Å²) in [5.41, 5.74) is 0.0895. The zero-order valence-electron chi connectivity index (χ0n) is 22.3. The van der Waals surface area contributed by atoms with E-state index in [1.54, 1.807) is 0 Å². The van der Waals surface area contributed by atoms with Crippen LogP contribution in [0.3, 0.4) is 0 Å². The van der Waals surface area contributed by atoms with Crippen molar-refractivity contribution in [3.63, 3.8) is 0 Å². The highest BCUT2D eigenvalue weighted by atomic mass is 16.7. The van der Waals surface area contributed by atoms with E-state index in [4.69, 9.17) is 23.7 Å². The standard InChI is InChI=1S/C27H38O10/c1-26-10-8-16(35-23(29)32-3)12-15(26)13-20(37-25(31)34-5)22-17(14-26)19(36-24(30)33-4)9-11-27(2)18(22)6-7-21(27)28/h13,16-20,22H,6-12,14H2,1-5H3/t16?,17?,18?,19-,20?,22?,26?,27?/m1/s1. The number of fused-ring (bicyclic) bond motifs is 4. The molecule has 0 aromatic carbocycles. The summed E-state index contributed by atoms with van der Waals surface area (Å²) in [6.07, 6.45) is 2.81. The maximum Gasteiger partial charge on any atom is 0.508 e. The predicted molar refractivity (Wildman–Crippen MR) is 129 cm³/mol. The molecule has 3 fully saturated rings. The molecule has 8 atom stereocenters. The summed E-state index contributed by atoms with van der Waals surface area (Å²) in [7, 11) is 3.80. The van der Waals surface area contributed by atoms with Crippen LogP contribution < -0.4 is 0 Å². The Morgan fingerprint density at radius 3 is 2.19 bits per heavy atom. The van der Waals surface area contributed by atoms with E-state index < -0.39 is 36.1 Å². The van der Waals surface area contributed by atoms with Crippen molar-refractivity contribution >= 4 is 24.2 Å². The lowest BCUT2D eigenvalue weighted by molar-refractivity contribution is -0.128. The Kier molecular flexibility index (Phi) is 7.76. The fourth-order valence-electron chi connectivity index (χ4n) is 7.42. The topological polar surface area (TPSA) is 124 Å². The second-order valence-electron chi connectivity index (χ2n) is 11.3. The van der Waals surface area contributed by atoms with Crippen LogP contribution in [-0.2, 0) is 33.2 Å². The van der Waals surface area contributed by atoms with Crippen LogP contribution in [0.5, 0.6) is 0 Å². The summed E-state index contributed by atoms with van der Waals surface area (Å²) in [4.78, 5) is 49.7. The molecule has 3 saturated carbocycles. The van der Waals surface area contributed by atoms with Crippen molar-refractivity contribution in [1.82, 2.24) is 0 Å². The first-order valence-electron chi connectivity index (χ1n) is 13.0. The number of Topliss-reactive ketones (excluding diaryl/α,β-unsaturated/α-hetero) is 1. The van der Waals surface area contributed by atoms with E-state index in [1.807, 2.05) is 13.0 Å². The lowest BCUT2D eigenvalue weighted by Crippen LogP contribution is -2.44. The van der Waals surface area contributed by atoms with Gasteiger partial charge in [-0.05, 0) is 55.9 Å². The summed E-state index contributed by atoms with van der Waals surface area (Å²) >= 11 is 0. The molecule has 0 bridgehead atoms. The lowest BCUT2D eigenvalue weighted by Gasteiger charge is -2.43. The van der Waals surface area contributed by atoms with E-state index in [-0.39, 0.29) is 35.1 Å². The van der Waals surface area contributed by atoms with Gasteiger partial charge in [0.05, 0.1) is 21.3 Å². The van der Waals surface area contributed by atoms with Crippen molar-refractivity contribution in [2.45, 2.75) is 83.5 Å². The maximum atomic E-state index is 13.2. The highest BCUT2D eigenvalue weighted by molar-refractivity contribution is 5.87. The molecule has 4 aliphatic carbocycles. The van der Waals surface area contributed by atoms with Crippen LogP contribution in [0.25, 0.3) is 0 Å². The van der Waals surface area contributed by atoms with Gasteiger partial charge in [0.25, 0.3) is 0 Å². The Hall–Kier alpha value is -2.78. The predicted octanol–water partition coefficient (Wildman–Crippen LogP) is 4.97. The third kappa shape index (κ3) is 5.16. The quantitative estimate of drug-likeness (QED) is 0.285. The minimum Gasteiger partial charge on any atom is -0.438 e. The zero-order chi connectivity index (χ0) is 27.0. The minimum atomic E-state index is -0.817. The molecule has 37 heavy (non-hydrogen) atoms. The monoisotopic (exact) mass is 522 g/mol. The van der Waals surface area contributed by atoms with Gasteiger partial charge in [-0.3, -0.25) is 4.79 Å². The molecule has 0 spiro atoms. The summed E-state index contributed by atoms with van der Waals surface area (Å²) in [5.74, 6) is -0.335. The third-order valence-electron chi connectivity index (χ3n) is 9.44. The molecule has 0 saturated heterocycles. The molecular weight excluding hydrogens is 484 g/mol. The van der Waals surface area contributed by atoms with Crippen molar-refractivity contribution in [2.24, 2.45) is 28.6 Å². The number of hydrogen-bond donors (Lipinski definition) is 0. The largest absolute Gasteiger partial charge is 0.508 e. The molecule has 0 heterocycles. The number of ketones is 1. The molecule has 0 aromatic heterocycles. The Bertz CT molecular complexity index is 959. The van der Waals surface area contributed by atoms with Gasteiger partial charge >= 0.3 is 18.5 Å². The van der Waals surface area contributed by atoms with Crippen LogP contribution in [-0.4, -0.2) is 63.9 Å². The highest BCUT2D eigenvalue weighted by Gasteiger charge is 2.59. The summed E-state index contributed by atoms with van der Waals surface area (Å²) in [6, 6.07) is 0. The second kappa shape index (κ2) is 10.5. The van der Waals surface area contributed by atoms with Gasteiger partial charge in [-0.25, -0.2) is 14.4 Å². The third-order valence-corrected chi connectivity index (χ3v) is 9.44. The van der Waals surface area contributed by atoms with E-state index >= 15 is 0 Å². The molecule has 7 unspecified atom stereocenters. The summed E-state index contributed by atoms with van der Waals surface area (Å²) in [6.45, 7) is 4.15. The molecule has 10 nitrogen and oxygen atoms in total. The average Bonchev–Trinajstić information content (AvgIpc) is 3.02. The van der Waals surface area contributed by atoms with Gasteiger partial charge in [-0.2, -0.15) is 0 Å². The zero-order valence-corrected chi connectivity index (χ0v) is 22.3. The number of carbonyl (C=O) groups is 4. The van der Waals surface area contributed by atoms with E-state index in [0.717, 1.165) is 12.0 Å². The molecule has 0 aromatic rings. The van der Waals surface area contributed by atoms with Crippen LogP contribution in [0.1, 0.15) is 65.2 Å². The van der Waals surface area contributed by atoms with Gasteiger partial charge in [-0.1, -0.05) is 19.4 Å². The van der Waals surface area contributed by atoms with Crippen LogP contribution in [0.2, 0.25) is 0 Å². The Morgan fingerprint density at radius 2 is 1.51 bits per heavy atom. The molecule has 4 rings (SSSR count). The van der Waals surface area contributed by atoms with Crippen LogP contribution >= 0.6 is 0 Å². The Morgan fingerprint density at radius 1 is 0.865 bits per heavy atom. The Balaban J connectivity index is 1.79. The van der Waals surface area contributed by atoms with Gasteiger partial charge in [-0.15, -0.1) is 0 Å². The maximum absolute atomic E-state index is 13.2. The molecule has 0 N–H and O–H groups in total. The van der Waals surface area contributed by atoms with Gasteiger partial charge in [0, 0.05) is 30.1 Å². The summed E-state index contributed by atoms with van der Waals surface area (Å²) in [5, 5.41) is 0. The SMILES string of the molecule is COC(=O)OC1CCC2(C)CC3C(C(OC(=O)OC)C=C2C1)C1CCC(=O)C1(C)CC[C@H]3OC(=O)OC. The lowest BCUT2D eigenvalue weighted by atomic mass is 9.63. The number of ether oxygens (including phenoxy) is 6. The molecular formula is C27H38O10. The fraction of sp³-hybridized carbons (Fsp3) is 0.778. The average molecular weight is 523 g/mol. The van der Waals surface area contributed by atoms with Gasteiger partial charge < -0.3 is 28.4 Å². The molecule has 206 valence electrons. The van der Waals surface area contributed by atoms with E-state index in [0.29, 0.717) is 44.9 Å². The number of hydrogen-bond acceptors (Lipinski definition) is 10. The molecule has 0 aliphatic heterocycles. The van der Waals surface area contributed by atoms with Crippen molar-refractivity contribution < 1.29 is 47.6 Å². The van der Waals surface area contributed by atoms with Crippen molar-refractivity contribution in [3.05, 3.63) is 11.6 Å². The smallest absolute Gasteiger partial charge is 0.438 e. The minimum absolute atomic E-state index is 0.0615. The Labute approximate surface area is 217 Å². The fourth-order valence-corrected chi connectivity index (χ4v) is 7.42. The van der Waals surface area contributed by atoms with E-state index in [2.05, 4.69) is 11.7 Å². The molecule has 10 heteroatoms. The van der Waals surface area contributed by atoms with E-state index in [9.17, 15) is 19.2 Å². The number of methoxy groups -OCH3 is 3. The second-order valence-corrected chi connectivity index (χ2v) is 11.3. The molecule has 0 amide bonds. The van der Waals surface area contributed by atoms with E-state index in [1.165, 1.54) is 21.3 Å². The summed E-state index contributed by atoms with van der Waals surface area (Å²) < 4.78 is 31.6. The van der Waals surface area contributed by atoms with Gasteiger partial charge in [0.1, 0.15) is 24.1 Å². The first-order valence-corrected chi connectivity index (χ1v) is 13.0. The number of rotatable bonds is 3. The van der Waals surface area contributed by atoms with Crippen molar-refractivity contribution in [1.29, 1.82) is 0 Å². The number of carbonyl (C=O) groups excluding carboxylic acids is 4. The first kappa shape index (κ1) is 27.3. The van der Waals surface area contributed by atoms with Gasteiger partial charge in [0.2, 0.25) is 0 Å². The van der Waals surface area contributed by atoms with Crippen LogP contribution in [0, 0.1) is 28.6 Å². The van der Waals surface area contributed by atoms with Crippen LogP contribution in [0.4, 0.5) is 14.4 Å². The van der Waals surface area contributed by atoms with Gasteiger partial charge in [0.15, 0.2) is 0 Å². The normalized spacial score (nSPS) is 38.8. The van der Waals surface area contributed by atoms with Crippen molar-refractivity contribution in [2.75, 3.05) is 21.3 Å². The van der Waals surface area contributed by atoms with Crippen molar-refractivity contribution in [3.8, 4) is 0 Å².